The molecule has 0 spiro atoms. The van der Waals surface area contributed by atoms with E-state index in [9.17, 15) is 9.18 Å². The summed E-state index contributed by atoms with van der Waals surface area (Å²) in [5.41, 5.74) is 4.08. The van der Waals surface area contributed by atoms with Gasteiger partial charge >= 0.3 is 0 Å². The first-order valence-corrected chi connectivity index (χ1v) is 11.3. The molecule has 1 amide bonds. The van der Waals surface area contributed by atoms with E-state index in [1.165, 1.54) is 23.9 Å². The number of hydrogen-bond donors (Lipinski definition) is 2. The summed E-state index contributed by atoms with van der Waals surface area (Å²) in [6.07, 6.45) is 1.92. The number of aromatic amines is 1. The minimum Gasteiger partial charge on any atom is -0.360 e. The number of aromatic nitrogens is 4. The Morgan fingerprint density at radius 2 is 1.88 bits per heavy atom. The largest absolute Gasteiger partial charge is 0.360 e. The third-order valence-electron chi connectivity index (χ3n) is 5.20. The van der Waals surface area contributed by atoms with Gasteiger partial charge in [0.2, 0.25) is 5.91 Å². The first-order chi connectivity index (χ1) is 16.1. The topological polar surface area (TPSA) is 75.6 Å². The lowest BCUT2D eigenvalue weighted by atomic mass is 10.1. The van der Waals surface area contributed by atoms with Crippen LogP contribution in [0.15, 0.2) is 84.1 Å². The summed E-state index contributed by atoms with van der Waals surface area (Å²) in [4.78, 5) is 15.8. The molecule has 5 aromatic rings. The molecule has 0 radical (unpaired) electrons. The van der Waals surface area contributed by atoms with Crippen LogP contribution in [0.2, 0.25) is 0 Å². The molecule has 0 fully saturated rings. The van der Waals surface area contributed by atoms with Crippen molar-refractivity contribution in [2.75, 3.05) is 11.1 Å². The number of para-hydroxylation sites is 2. The highest BCUT2D eigenvalue weighted by Gasteiger charge is 2.20. The van der Waals surface area contributed by atoms with Crippen LogP contribution < -0.4 is 5.32 Å². The van der Waals surface area contributed by atoms with Crippen LogP contribution in [0.4, 0.5) is 10.1 Å². The summed E-state index contributed by atoms with van der Waals surface area (Å²) in [5, 5.41) is 13.1. The molecule has 8 heteroatoms. The summed E-state index contributed by atoms with van der Waals surface area (Å²) in [5.74, 6) is -0.0559. The van der Waals surface area contributed by atoms with Crippen LogP contribution in [0.5, 0.6) is 0 Å². The number of nitrogens with zero attached hydrogens (tertiary/aromatic N) is 3. The molecule has 2 heterocycles. The SMILES string of the molecule is Cc1cccc(-n2c(SCC(=O)Nc3ccccc3F)nnc2-c2c[nH]c3ccccc23)c1. The highest BCUT2D eigenvalue weighted by atomic mass is 32.2. The number of fused-ring (bicyclic) bond motifs is 1. The molecule has 5 rings (SSSR count). The molecule has 3 aromatic carbocycles. The Labute approximate surface area is 193 Å². The fourth-order valence-corrected chi connectivity index (χ4v) is 4.43. The predicted octanol–water partition coefficient (Wildman–Crippen LogP) is 5.59. The maximum Gasteiger partial charge on any atom is 0.234 e. The fourth-order valence-electron chi connectivity index (χ4n) is 3.67. The Balaban J connectivity index is 1.49. The summed E-state index contributed by atoms with van der Waals surface area (Å²) in [6, 6.07) is 22.1. The number of anilines is 1. The van der Waals surface area contributed by atoms with E-state index in [1.807, 2.05) is 66.2 Å². The number of rotatable bonds is 6. The Morgan fingerprint density at radius 1 is 1.06 bits per heavy atom. The van der Waals surface area contributed by atoms with E-state index in [2.05, 4.69) is 20.5 Å². The van der Waals surface area contributed by atoms with Crippen molar-refractivity contribution in [2.24, 2.45) is 0 Å². The molecule has 33 heavy (non-hydrogen) atoms. The Kier molecular flexibility index (Phi) is 5.66. The molecule has 164 valence electrons. The van der Waals surface area contributed by atoms with E-state index in [0.717, 1.165) is 27.7 Å². The molecule has 2 aromatic heterocycles. The van der Waals surface area contributed by atoms with E-state index >= 15 is 0 Å². The van der Waals surface area contributed by atoms with Gasteiger partial charge in [-0.05, 0) is 42.8 Å². The van der Waals surface area contributed by atoms with Gasteiger partial charge in [0.25, 0.3) is 0 Å². The quantitative estimate of drug-likeness (QED) is 0.326. The Morgan fingerprint density at radius 3 is 2.73 bits per heavy atom. The monoisotopic (exact) mass is 457 g/mol. The van der Waals surface area contributed by atoms with Gasteiger partial charge in [-0.15, -0.1) is 10.2 Å². The zero-order valence-electron chi connectivity index (χ0n) is 17.7. The Hall–Kier alpha value is -3.91. The van der Waals surface area contributed by atoms with Gasteiger partial charge in [0.1, 0.15) is 5.82 Å². The maximum absolute atomic E-state index is 13.9. The van der Waals surface area contributed by atoms with Crippen LogP contribution in [-0.4, -0.2) is 31.4 Å². The van der Waals surface area contributed by atoms with Gasteiger partial charge in [-0.2, -0.15) is 0 Å². The van der Waals surface area contributed by atoms with Crippen molar-refractivity contribution >= 4 is 34.3 Å². The molecule has 0 atom stereocenters. The fraction of sp³-hybridized carbons (Fsp3) is 0.0800. The normalized spacial score (nSPS) is 11.1. The third kappa shape index (κ3) is 4.25. The van der Waals surface area contributed by atoms with Crippen LogP contribution >= 0.6 is 11.8 Å². The standard InChI is InChI=1S/C25H20FN5OS/c1-16-7-6-8-17(13-16)31-24(19-14-27-21-11-4-2-9-18(19)21)29-30-25(31)33-15-23(32)28-22-12-5-3-10-20(22)26/h2-14,27H,15H2,1H3,(H,28,32). The van der Waals surface area contributed by atoms with Gasteiger partial charge in [-0.25, -0.2) is 4.39 Å². The average Bonchev–Trinajstić information content (AvgIpc) is 3.43. The van der Waals surface area contributed by atoms with E-state index < -0.39 is 5.82 Å². The zero-order valence-corrected chi connectivity index (χ0v) is 18.6. The van der Waals surface area contributed by atoms with E-state index in [4.69, 9.17) is 0 Å². The van der Waals surface area contributed by atoms with E-state index in [0.29, 0.717) is 11.0 Å². The van der Waals surface area contributed by atoms with Crippen molar-refractivity contribution in [2.45, 2.75) is 12.1 Å². The van der Waals surface area contributed by atoms with Crippen LogP contribution in [0.3, 0.4) is 0 Å². The molecule has 0 aliphatic carbocycles. The van der Waals surface area contributed by atoms with Gasteiger partial charge in [-0.3, -0.25) is 9.36 Å². The summed E-state index contributed by atoms with van der Waals surface area (Å²) < 4.78 is 15.8. The van der Waals surface area contributed by atoms with Crippen LogP contribution in [0.1, 0.15) is 5.56 Å². The maximum atomic E-state index is 13.9. The number of benzene rings is 3. The minimum absolute atomic E-state index is 0.0617. The van der Waals surface area contributed by atoms with Gasteiger partial charge in [-0.1, -0.05) is 54.2 Å². The molecule has 0 unspecified atom stereocenters. The molecule has 0 saturated heterocycles. The lowest BCUT2D eigenvalue weighted by molar-refractivity contribution is -0.113. The summed E-state index contributed by atoms with van der Waals surface area (Å²) in [6.45, 7) is 2.02. The number of amides is 1. The minimum atomic E-state index is -0.472. The number of thioether (sulfide) groups is 1. The van der Waals surface area contributed by atoms with Gasteiger partial charge < -0.3 is 10.3 Å². The van der Waals surface area contributed by atoms with Gasteiger partial charge in [0.05, 0.1) is 11.4 Å². The zero-order chi connectivity index (χ0) is 22.8. The first-order valence-electron chi connectivity index (χ1n) is 10.4. The predicted molar refractivity (Wildman–Crippen MR) is 129 cm³/mol. The number of aryl methyl sites for hydroxylation is 1. The third-order valence-corrected chi connectivity index (χ3v) is 6.13. The molecule has 0 aliphatic heterocycles. The molecular weight excluding hydrogens is 437 g/mol. The lowest BCUT2D eigenvalue weighted by Crippen LogP contribution is -2.15. The number of carbonyl (C=O) groups excluding carboxylic acids is 1. The molecule has 0 bridgehead atoms. The van der Waals surface area contributed by atoms with Crippen molar-refractivity contribution in [3.63, 3.8) is 0 Å². The number of hydrogen-bond acceptors (Lipinski definition) is 4. The summed E-state index contributed by atoms with van der Waals surface area (Å²) in [7, 11) is 0. The van der Waals surface area contributed by atoms with Crippen molar-refractivity contribution in [3.8, 4) is 17.1 Å². The van der Waals surface area contributed by atoms with Crippen LogP contribution in [-0.2, 0) is 4.79 Å². The number of halogens is 1. The number of carbonyl (C=O) groups is 1. The van der Waals surface area contributed by atoms with Crippen LogP contribution in [0, 0.1) is 12.7 Å². The average molecular weight is 458 g/mol. The number of H-pyrrole nitrogens is 1. The van der Waals surface area contributed by atoms with Gasteiger partial charge in [0, 0.05) is 28.4 Å². The molecule has 0 saturated carbocycles. The highest BCUT2D eigenvalue weighted by Crippen LogP contribution is 2.32. The van der Waals surface area contributed by atoms with E-state index in [-0.39, 0.29) is 17.3 Å². The molecule has 0 aliphatic rings. The second-order valence-corrected chi connectivity index (χ2v) is 8.49. The lowest BCUT2D eigenvalue weighted by Gasteiger charge is -2.11. The van der Waals surface area contributed by atoms with Gasteiger partial charge in [0.15, 0.2) is 11.0 Å². The van der Waals surface area contributed by atoms with Crippen molar-refractivity contribution in [1.29, 1.82) is 0 Å². The second-order valence-electron chi connectivity index (χ2n) is 7.55. The van der Waals surface area contributed by atoms with Crippen molar-refractivity contribution < 1.29 is 9.18 Å². The van der Waals surface area contributed by atoms with Crippen molar-refractivity contribution in [1.82, 2.24) is 19.7 Å². The first kappa shape index (κ1) is 21.0. The van der Waals surface area contributed by atoms with Crippen molar-refractivity contribution in [3.05, 3.63) is 90.4 Å². The highest BCUT2D eigenvalue weighted by molar-refractivity contribution is 7.99. The second kappa shape index (κ2) is 8.91. The smallest absolute Gasteiger partial charge is 0.234 e. The molecular formula is C25H20FN5OS. The Bertz CT molecular complexity index is 1460. The number of nitrogens with one attached hydrogen (secondary N) is 2. The molecule has 2 N–H and O–H groups in total. The molecule has 6 nitrogen and oxygen atoms in total. The summed E-state index contributed by atoms with van der Waals surface area (Å²) >= 11 is 1.25. The van der Waals surface area contributed by atoms with Crippen LogP contribution in [0.25, 0.3) is 28.0 Å². The van der Waals surface area contributed by atoms with E-state index in [1.54, 1.807) is 12.1 Å².